The Kier molecular flexibility index (Phi) is 35.3. The van der Waals surface area contributed by atoms with Gasteiger partial charge in [-0.05, 0) is 44.4 Å². The monoisotopic (exact) mass is 788 g/mol. The van der Waals surface area contributed by atoms with Crippen LogP contribution in [0.5, 0.6) is 0 Å². The lowest BCUT2D eigenvalue weighted by Gasteiger charge is -2.28. The zero-order chi connectivity index (χ0) is 40.2. The molecule has 0 saturated carbocycles. The third-order valence-electron chi connectivity index (χ3n) is 9.71. The molecule has 0 aliphatic rings. The number of carbonyl (C=O) groups is 2. The number of quaternary nitrogens is 1. The average Bonchev–Trinajstić information content (AvgIpc) is 3.10. The van der Waals surface area contributed by atoms with E-state index < -0.39 is 26.5 Å². The van der Waals surface area contributed by atoms with E-state index in [2.05, 4.69) is 32.9 Å². The quantitative estimate of drug-likeness (QED) is 0.0198. The van der Waals surface area contributed by atoms with Gasteiger partial charge in [0.2, 0.25) is 0 Å². The Morgan fingerprint density at radius 1 is 0.611 bits per heavy atom. The molecule has 0 spiro atoms. The van der Waals surface area contributed by atoms with Crippen molar-refractivity contribution in [2.45, 2.75) is 207 Å². The van der Waals surface area contributed by atoms with Gasteiger partial charge in [0.15, 0.2) is 6.10 Å². The maximum atomic E-state index is 12.7. The summed E-state index contributed by atoms with van der Waals surface area (Å²) in [6, 6.07) is 0. The number of unbranched alkanes of at least 4 members (excludes halogenated alkanes) is 22. The molecule has 0 aromatic carbocycles. The molecule has 0 aliphatic carbocycles. The molecule has 2 atom stereocenters. The minimum absolute atomic E-state index is 0.0299. The van der Waals surface area contributed by atoms with Crippen molar-refractivity contribution in [3.05, 3.63) is 12.2 Å². The highest BCUT2D eigenvalue weighted by Gasteiger charge is 2.21. The summed E-state index contributed by atoms with van der Waals surface area (Å²) in [7, 11) is 1.17. The van der Waals surface area contributed by atoms with Crippen LogP contribution in [-0.2, 0) is 32.7 Å². The van der Waals surface area contributed by atoms with E-state index in [4.69, 9.17) is 18.5 Å². The number of hydrogen-bond donors (Lipinski definition) is 0. The normalized spacial score (nSPS) is 13.8. The summed E-state index contributed by atoms with van der Waals surface area (Å²) in [5.41, 5.74) is 0. The molecule has 320 valence electrons. The van der Waals surface area contributed by atoms with Crippen LogP contribution in [0.1, 0.15) is 201 Å². The molecule has 0 amide bonds. The molecule has 0 radical (unpaired) electrons. The van der Waals surface area contributed by atoms with Gasteiger partial charge < -0.3 is 27.9 Å². The highest BCUT2D eigenvalue weighted by Crippen LogP contribution is 2.38. The molecule has 0 bridgehead atoms. The fourth-order valence-corrected chi connectivity index (χ4v) is 6.92. The number of phosphoric acid groups is 1. The van der Waals surface area contributed by atoms with Gasteiger partial charge in [0, 0.05) is 12.8 Å². The Morgan fingerprint density at radius 2 is 1.06 bits per heavy atom. The van der Waals surface area contributed by atoms with Gasteiger partial charge in [-0.1, -0.05) is 161 Å². The molecule has 0 rings (SSSR count). The lowest BCUT2D eigenvalue weighted by atomic mass is 10.0. The summed E-state index contributed by atoms with van der Waals surface area (Å²) in [5.74, 6) is -0.0181. The number of hydrogen-bond acceptors (Lipinski definition) is 8. The highest BCUT2D eigenvalue weighted by molar-refractivity contribution is 7.45. The van der Waals surface area contributed by atoms with Crippen LogP contribution in [0, 0.1) is 5.92 Å². The number of likely N-dealkylation sites (N-methyl/N-ethyl adjacent to an activating group) is 1. The first-order chi connectivity index (χ1) is 25.8. The topological polar surface area (TPSA) is 111 Å². The molecule has 0 fully saturated rings. The van der Waals surface area contributed by atoms with Gasteiger partial charge in [-0.2, -0.15) is 0 Å². The van der Waals surface area contributed by atoms with E-state index in [1.807, 2.05) is 21.1 Å². The Labute approximate surface area is 333 Å². The second-order valence-electron chi connectivity index (χ2n) is 16.9. The van der Waals surface area contributed by atoms with Gasteiger partial charge in [-0.25, -0.2) is 0 Å². The van der Waals surface area contributed by atoms with Crippen molar-refractivity contribution < 1.29 is 42.1 Å². The van der Waals surface area contributed by atoms with Crippen LogP contribution in [0.2, 0.25) is 0 Å². The predicted molar refractivity (Wildman–Crippen MR) is 222 cm³/mol. The third-order valence-corrected chi connectivity index (χ3v) is 10.7. The van der Waals surface area contributed by atoms with Gasteiger partial charge in [0.25, 0.3) is 7.82 Å². The zero-order valence-electron chi connectivity index (χ0n) is 36.1. The maximum Gasteiger partial charge on any atom is 0.306 e. The number of allylic oxidation sites excluding steroid dienone is 2. The summed E-state index contributed by atoms with van der Waals surface area (Å²) in [4.78, 5) is 37.5. The minimum Gasteiger partial charge on any atom is -0.756 e. The summed E-state index contributed by atoms with van der Waals surface area (Å²) in [5, 5.41) is 0. The summed E-state index contributed by atoms with van der Waals surface area (Å²) in [6.07, 6.45) is 35.2. The van der Waals surface area contributed by atoms with Crippen LogP contribution in [0.25, 0.3) is 0 Å². The Morgan fingerprint density at radius 3 is 1.54 bits per heavy atom. The van der Waals surface area contributed by atoms with E-state index in [1.165, 1.54) is 109 Å². The number of phosphoric ester groups is 1. The zero-order valence-corrected chi connectivity index (χ0v) is 37.0. The van der Waals surface area contributed by atoms with Crippen molar-refractivity contribution >= 4 is 19.8 Å². The lowest BCUT2D eigenvalue weighted by molar-refractivity contribution is -0.870. The van der Waals surface area contributed by atoms with Crippen LogP contribution in [0.15, 0.2) is 12.2 Å². The first-order valence-electron chi connectivity index (χ1n) is 22.2. The lowest BCUT2D eigenvalue weighted by Crippen LogP contribution is -2.37. The van der Waals surface area contributed by atoms with E-state index in [9.17, 15) is 19.0 Å². The molecule has 0 aliphatic heterocycles. The van der Waals surface area contributed by atoms with Gasteiger partial charge in [-0.3, -0.25) is 14.2 Å². The van der Waals surface area contributed by atoms with Crippen molar-refractivity contribution in [3.63, 3.8) is 0 Å². The van der Waals surface area contributed by atoms with E-state index in [1.54, 1.807) is 0 Å². The molecule has 0 aromatic heterocycles. The van der Waals surface area contributed by atoms with Gasteiger partial charge in [0.05, 0.1) is 27.7 Å². The van der Waals surface area contributed by atoms with Crippen molar-refractivity contribution in [2.75, 3.05) is 47.5 Å². The molecule has 0 aromatic rings. The first kappa shape index (κ1) is 52.8. The van der Waals surface area contributed by atoms with Gasteiger partial charge >= 0.3 is 11.9 Å². The van der Waals surface area contributed by atoms with Crippen molar-refractivity contribution in [3.8, 4) is 0 Å². The van der Waals surface area contributed by atoms with E-state index >= 15 is 0 Å². The van der Waals surface area contributed by atoms with Crippen LogP contribution >= 0.6 is 7.82 Å². The van der Waals surface area contributed by atoms with E-state index in [0.717, 1.165) is 57.3 Å². The fourth-order valence-electron chi connectivity index (χ4n) is 6.19. The molecule has 10 heteroatoms. The van der Waals surface area contributed by atoms with Crippen LogP contribution in [0.3, 0.4) is 0 Å². The van der Waals surface area contributed by atoms with Gasteiger partial charge in [0.1, 0.15) is 19.8 Å². The molecular weight excluding hydrogens is 701 g/mol. The Bertz CT molecular complexity index is 951. The van der Waals surface area contributed by atoms with Gasteiger partial charge in [-0.15, -0.1) is 0 Å². The summed E-state index contributed by atoms with van der Waals surface area (Å²) in [6.45, 7) is 6.56. The number of nitrogens with zero attached hydrogens (tertiary/aromatic N) is 1. The molecule has 1 unspecified atom stereocenters. The van der Waals surface area contributed by atoms with E-state index in [-0.39, 0.29) is 32.0 Å². The second kappa shape index (κ2) is 36.1. The predicted octanol–water partition coefficient (Wildman–Crippen LogP) is 11.8. The first-order valence-corrected chi connectivity index (χ1v) is 23.7. The number of carbonyl (C=O) groups excluding carboxylic acids is 2. The van der Waals surface area contributed by atoms with Crippen molar-refractivity contribution in [2.24, 2.45) is 5.92 Å². The highest BCUT2D eigenvalue weighted by atomic mass is 31.2. The van der Waals surface area contributed by atoms with Crippen LogP contribution in [0.4, 0.5) is 0 Å². The SMILES string of the molecule is CCCCCCCC/C=C\CCCCCCCC(=O)O[C@H](COC(=O)CCCCCCCCCCCCCCC(C)C)COP(=O)([O-])OCC[N+](C)(C)C. The molecule has 0 N–H and O–H groups in total. The average molecular weight is 788 g/mol. The molecular formula is C44H86NO8P. The number of esters is 2. The third kappa shape index (κ3) is 40.4. The van der Waals surface area contributed by atoms with Crippen LogP contribution < -0.4 is 4.89 Å². The summed E-state index contributed by atoms with van der Waals surface area (Å²) >= 11 is 0. The minimum atomic E-state index is -4.62. The number of ether oxygens (including phenoxy) is 2. The van der Waals surface area contributed by atoms with Crippen molar-refractivity contribution in [1.29, 1.82) is 0 Å². The van der Waals surface area contributed by atoms with E-state index in [0.29, 0.717) is 17.4 Å². The fraction of sp³-hybridized carbons (Fsp3) is 0.909. The maximum absolute atomic E-state index is 12.7. The Balaban J connectivity index is 4.35. The second-order valence-corrected chi connectivity index (χ2v) is 18.3. The smallest absolute Gasteiger partial charge is 0.306 e. The standard InChI is InChI=1S/C44H86NO8P/c1-7-8-9-10-11-12-13-14-15-16-21-24-27-30-33-36-44(47)53-42(40-52-54(48,49)51-38-37-45(4,5)6)39-50-43(46)35-32-29-26-23-20-18-17-19-22-25-28-31-34-41(2)3/h14-15,41-42H,7-13,16-40H2,1-6H3/b15-14-/t42-/m1/s1. The molecule has 54 heavy (non-hydrogen) atoms. The molecule has 9 nitrogen and oxygen atoms in total. The summed E-state index contributed by atoms with van der Waals surface area (Å²) < 4.78 is 33.9. The molecule has 0 heterocycles. The van der Waals surface area contributed by atoms with Crippen LogP contribution in [-0.4, -0.2) is 70.0 Å². The largest absolute Gasteiger partial charge is 0.756 e. The Hall–Kier alpha value is -1.25. The molecule has 0 saturated heterocycles. The number of rotatable bonds is 40. The van der Waals surface area contributed by atoms with Crippen molar-refractivity contribution in [1.82, 2.24) is 0 Å².